The molecule has 14 heavy (non-hydrogen) atoms. The molecule has 0 saturated heterocycles. The lowest BCUT2D eigenvalue weighted by molar-refractivity contribution is 0.0997. The highest BCUT2D eigenvalue weighted by molar-refractivity contribution is 6.00. The molecule has 1 aromatic heterocycles. The lowest BCUT2D eigenvalue weighted by atomic mass is 10.1. The molecule has 0 radical (unpaired) electrons. The number of Topliss-reactive ketones (excluding diaryl/α,β-unsaturated/α-hetero) is 1. The molecular formula is C7H6N4O3. The predicted molar refractivity (Wildman–Crippen MR) is 46.7 cm³/mol. The van der Waals surface area contributed by atoms with Crippen molar-refractivity contribution >= 4 is 11.6 Å². The van der Waals surface area contributed by atoms with Crippen molar-refractivity contribution in [1.29, 1.82) is 5.26 Å². The minimum atomic E-state index is -0.883. The summed E-state index contributed by atoms with van der Waals surface area (Å²) in [6.07, 6.45) is -0.459. The van der Waals surface area contributed by atoms with E-state index in [2.05, 4.69) is 4.98 Å². The van der Waals surface area contributed by atoms with Crippen LogP contribution in [0, 0.1) is 11.3 Å². The Morgan fingerprint density at radius 3 is 2.57 bits per heavy atom. The highest BCUT2D eigenvalue weighted by Gasteiger charge is 2.14. The highest BCUT2D eigenvalue weighted by atomic mass is 16.2. The molecule has 0 atom stereocenters. The molecule has 0 aliphatic heterocycles. The number of carbonyl (C=O) groups is 1. The van der Waals surface area contributed by atoms with Crippen LogP contribution in [0.1, 0.15) is 16.8 Å². The average Bonchev–Trinajstić information content (AvgIpc) is 2.01. The van der Waals surface area contributed by atoms with Crippen molar-refractivity contribution in [2.45, 2.75) is 6.42 Å². The Hall–Kier alpha value is -2.36. The van der Waals surface area contributed by atoms with Crippen molar-refractivity contribution in [3.63, 3.8) is 0 Å². The number of nitrogens with one attached hydrogen (secondary N) is 2. The molecule has 0 amide bonds. The largest absolute Gasteiger partial charge is 0.384 e. The summed E-state index contributed by atoms with van der Waals surface area (Å²) in [6, 6.07) is 1.59. The van der Waals surface area contributed by atoms with Gasteiger partial charge in [0.1, 0.15) is 11.4 Å². The number of carbonyl (C=O) groups excluding carboxylic acids is 1. The second-order valence-corrected chi connectivity index (χ2v) is 2.45. The molecule has 4 N–H and O–H groups in total. The van der Waals surface area contributed by atoms with Crippen LogP contribution >= 0.6 is 0 Å². The Bertz CT molecular complexity index is 519. The van der Waals surface area contributed by atoms with Crippen LogP contribution in [0.25, 0.3) is 0 Å². The molecule has 0 bridgehead atoms. The summed E-state index contributed by atoms with van der Waals surface area (Å²) in [5.41, 5.74) is 3.19. The van der Waals surface area contributed by atoms with Crippen LogP contribution in [0.2, 0.25) is 0 Å². The lowest BCUT2D eigenvalue weighted by Gasteiger charge is -1.98. The van der Waals surface area contributed by atoms with Crippen LogP contribution in [0.5, 0.6) is 0 Å². The molecule has 0 spiro atoms. The Morgan fingerprint density at radius 1 is 1.43 bits per heavy atom. The molecule has 7 nitrogen and oxygen atoms in total. The summed E-state index contributed by atoms with van der Waals surface area (Å²) in [4.78, 5) is 36.8. The van der Waals surface area contributed by atoms with E-state index in [9.17, 15) is 14.4 Å². The summed E-state index contributed by atoms with van der Waals surface area (Å²) in [5.74, 6) is -1.04. The molecule has 0 unspecified atom stereocenters. The summed E-state index contributed by atoms with van der Waals surface area (Å²) in [6.45, 7) is 0. The van der Waals surface area contributed by atoms with E-state index < -0.39 is 23.5 Å². The quantitative estimate of drug-likeness (QED) is 0.505. The molecular weight excluding hydrogens is 188 g/mol. The molecule has 1 heterocycles. The number of nitrogen functional groups attached to an aromatic ring is 1. The van der Waals surface area contributed by atoms with Crippen LogP contribution in [0.15, 0.2) is 9.59 Å². The Morgan fingerprint density at radius 2 is 2.07 bits per heavy atom. The number of ketones is 1. The number of aromatic nitrogens is 2. The van der Waals surface area contributed by atoms with Crippen LogP contribution in [-0.2, 0) is 0 Å². The first-order valence-electron chi connectivity index (χ1n) is 3.58. The van der Waals surface area contributed by atoms with Crippen molar-refractivity contribution in [2.75, 3.05) is 5.73 Å². The van der Waals surface area contributed by atoms with Gasteiger partial charge in [0, 0.05) is 0 Å². The van der Waals surface area contributed by atoms with Gasteiger partial charge in [0.25, 0.3) is 5.56 Å². The number of nitrogens with two attached hydrogens (primary N) is 1. The number of anilines is 1. The first-order chi connectivity index (χ1) is 6.56. The van der Waals surface area contributed by atoms with E-state index in [0.29, 0.717) is 0 Å². The minimum absolute atomic E-state index is 0.320. The van der Waals surface area contributed by atoms with Crippen molar-refractivity contribution < 1.29 is 4.79 Å². The SMILES string of the molecule is N#CCC(=O)c1c(N)[nH]c(=O)[nH]c1=O. The van der Waals surface area contributed by atoms with E-state index in [4.69, 9.17) is 11.0 Å². The van der Waals surface area contributed by atoms with Gasteiger partial charge in [-0.25, -0.2) is 4.79 Å². The van der Waals surface area contributed by atoms with E-state index in [1.54, 1.807) is 6.07 Å². The van der Waals surface area contributed by atoms with Crippen LogP contribution in [0.4, 0.5) is 5.82 Å². The van der Waals surface area contributed by atoms with Gasteiger partial charge in [-0.2, -0.15) is 5.26 Å². The third kappa shape index (κ3) is 1.69. The minimum Gasteiger partial charge on any atom is -0.384 e. The number of nitriles is 1. The van der Waals surface area contributed by atoms with Gasteiger partial charge in [-0.1, -0.05) is 0 Å². The van der Waals surface area contributed by atoms with Gasteiger partial charge in [0.2, 0.25) is 0 Å². The number of H-pyrrole nitrogens is 2. The summed E-state index contributed by atoms with van der Waals surface area (Å²) in [7, 11) is 0. The molecule has 1 aromatic rings. The number of rotatable bonds is 2. The normalized spacial score (nSPS) is 9.36. The zero-order valence-corrected chi connectivity index (χ0v) is 6.96. The average molecular weight is 194 g/mol. The summed E-state index contributed by atoms with van der Waals surface area (Å²) < 4.78 is 0. The van der Waals surface area contributed by atoms with Crippen molar-refractivity contribution in [2.24, 2.45) is 0 Å². The van der Waals surface area contributed by atoms with Gasteiger partial charge in [-0.05, 0) is 0 Å². The molecule has 0 aliphatic rings. The monoisotopic (exact) mass is 194 g/mol. The number of hydrogen-bond donors (Lipinski definition) is 3. The molecule has 72 valence electrons. The van der Waals surface area contributed by atoms with E-state index in [1.807, 2.05) is 4.98 Å². The molecule has 1 rings (SSSR count). The third-order valence-electron chi connectivity index (χ3n) is 1.49. The van der Waals surface area contributed by atoms with Crippen LogP contribution in [-0.4, -0.2) is 15.8 Å². The summed E-state index contributed by atoms with van der Waals surface area (Å²) in [5, 5.41) is 8.24. The highest BCUT2D eigenvalue weighted by Crippen LogP contribution is 2.01. The van der Waals surface area contributed by atoms with E-state index >= 15 is 0 Å². The van der Waals surface area contributed by atoms with Gasteiger partial charge >= 0.3 is 5.69 Å². The standard InChI is InChI=1S/C7H6N4O3/c8-2-1-3(12)4-5(9)10-7(14)11-6(4)13/h1H2,(H4,9,10,11,13,14). The van der Waals surface area contributed by atoms with E-state index in [0.717, 1.165) is 0 Å². The second kappa shape index (κ2) is 3.57. The van der Waals surface area contributed by atoms with Gasteiger partial charge < -0.3 is 5.73 Å². The lowest BCUT2D eigenvalue weighted by Crippen LogP contribution is -2.29. The molecule has 7 heteroatoms. The smallest absolute Gasteiger partial charge is 0.327 e. The van der Waals surface area contributed by atoms with Crippen molar-refractivity contribution in [1.82, 2.24) is 9.97 Å². The Balaban J connectivity index is 3.37. The van der Waals surface area contributed by atoms with E-state index in [1.165, 1.54) is 0 Å². The fraction of sp³-hybridized carbons (Fsp3) is 0.143. The van der Waals surface area contributed by atoms with Gasteiger partial charge in [-0.3, -0.25) is 19.6 Å². The first kappa shape index (κ1) is 9.73. The molecule has 0 saturated carbocycles. The number of hydrogen-bond acceptors (Lipinski definition) is 5. The van der Waals surface area contributed by atoms with Crippen molar-refractivity contribution in [3.8, 4) is 6.07 Å². The first-order valence-corrected chi connectivity index (χ1v) is 3.58. The maximum absolute atomic E-state index is 11.2. The zero-order valence-electron chi connectivity index (χ0n) is 6.96. The maximum Gasteiger partial charge on any atom is 0.327 e. The topological polar surface area (TPSA) is 133 Å². The number of nitrogens with zero attached hydrogens (tertiary/aromatic N) is 1. The Labute approximate surface area is 77.2 Å². The predicted octanol–water partition coefficient (Wildman–Crippen LogP) is -1.26. The van der Waals surface area contributed by atoms with Crippen LogP contribution in [0.3, 0.4) is 0 Å². The number of aromatic amines is 2. The fourth-order valence-electron chi connectivity index (χ4n) is 0.941. The van der Waals surface area contributed by atoms with E-state index in [-0.39, 0.29) is 11.4 Å². The van der Waals surface area contributed by atoms with Crippen molar-refractivity contribution in [3.05, 3.63) is 26.4 Å². The molecule has 0 fully saturated rings. The molecule has 0 aromatic carbocycles. The molecule has 0 aliphatic carbocycles. The fourth-order valence-corrected chi connectivity index (χ4v) is 0.941. The maximum atomic E-state index is 11.2. The Kier molecular flexibility index (Phi) is 2.48. The van der Waals surface area contributed by atoms with Gasteiger partial charge in [0.15, 0.2) is 5.78 Å². The van der Waals surface area contributed by atoms with Gasteiger partial charge in [0.05, 0.1) is 12.5 Å². The zero-order chi connectivity index (χ0) is 10.7. The summed E-state index contributed by atoms with van der Waals surface area (Å²) >= 11 is 0. The van der Waals surface area contributed by atoms with Crippen LogP contribution < -0.4 is 17.0 Å². The third-order valence-corrected chi connectivity index (χ3v) is 1.49. The van der Waals surface area contributed by atoms with Gasteiger partial charge in [-0.15, -0.1) is 0 Å². The second-order valence-electron chi connectivity index (χ2n) is 2.45.